The van der Waals surface area contributed by atoms with Crippen LogP contribution >= 0.6 is 24.0 Å². The summed E-state index contributed by atoms with van der Waals surface area (Å²) in [5.41, 5.74) is 0. The molecule has 0 saturated carbocycles. The van der Waals surface area contributed by atoms with Crippen molar-refractivity contribution in [2.75, 3.05) is 39.3 Å². The summed E-state index contributed by atoms with van der Waals surface area (Å²) >= 11 is 0. The third-order valence-corrected chi connectivity index (χ3v) is 5.02. The number of piperidine rings is 1. The van der Waals surface area contributed by atoms with E-state index < -0.39 is 0 Å². The molecule has 1 rings (SSSR count). The molecule has 0 aromatic rings. The van der Waals surface area contributed by atoms with E-state index in [0.29, 0.717) is 0 Å². The van der Waals surface area contributed by atoms with Crippen LogP contribution in [0.1, 0.15) is 72.1 Å². The van der Waals surface area contributed by atoms with Gasteiger partial charge in [0.2, 0.25) is 0 Å². The van der Waals surface area contributed by atoms with Gasteiger partial charge in [-0.1, -0.05) is 33.1 Å². The summed E-state index contributed by atoms with van der Waals surface area (Å²) in [6.45, 7) is 12.6. The van der Waals surface area contributed by atoms with Crippen molar-refractivity contribution in [2.24, 2.45) is 10.9 Å². The standard InChI is InChI=1S/C20H42N4O.HI/c1-4-7-10-18(9-5-2)17-23-20(21-6-3)22-13-8-14-24-15-11-19(25)12-16-24;/h18-19,25H,4-17H2,1-3H3,(H2,21,22,23);1H. The third-order valence-electron chi connectivity index (χ3n) is 5.02. The summed E-state index contributed by atoms with van der Waals surface area (Å²) in [5, 5.41) is 16.4. The molecule has 6 heteroatoms. The van der Waals surface area contributed by atoms with Crippen molar-refractivity contribution in [1.82, 2.24) is 15.5 Å². The van der Waals surface area contributed by atoms with Crippen LogP contribution in [-0.2, 0) is 0 Å². The fourth-order valence-electron chi connectivity index (χ4n) is 3.44. The van der Waals surface area contributed by atoms with Crippen LogP contribution in [0.25, 0.3) is 0 Å². The Balaban J connectivity index is 0.00000625. The molecule has 156 valence electrons. The zero-order valence-electron chi connectivity index (χ0n) is 17.3. The molecule has 1 aliphatic heterocycles. The number of halogens is 1. The fraction of sp³-hybridized carbons (Fsp3) is 0.950. The molecule has 1 saturated heterocycles. The Morgan fingerprint density at radius 2 is 1.81 bits per heavy atom. The largest absolute Gasteiger partial charge is 0.393 e. The Labute approximate surface area is 178 Å². The molecule has 3 N–H and O–H groups in total. The normalized spacial score (nSPS) is 17.6. The van der Waals surface area contributed by atoms with Crippen LogP contribution in [0.3, 0.4) is 0 Å². The van der Waals surface area contributed by atoms with Crippen molar-refractivity contribution >= 4 is 29.9 Å². The molecule has 0 aromatic heterocycles. The predicted molar refractivity (Wildman–Crippen MR) is 124 cm³/mol. The quantitative estimate of drug-likeness (QED) is 0.172. The minimum Gasteiger partial charge on any atom is -0.393 e. The SMILES string of the molecule is CCCCC(CCC)CN=C(NCC)NCCCN1CCC(O)CC1.I. The van der Waals surface area contributed by atoms with Crippen molar-refractivity contribution in [2.45, 2.75) is 78.2 Å². The average molecular weight is 482 g/mol. The monoisotopic (exact) mass is 482 g/mol. The summed E-state index contributed by atoms with van der Waals surface area (Å²) < 4.78 is 0. The van der Waals surface area contributed by atoms with Gasteiger partial charge in [-0.25, -0.2) is 0 Å². The van der Waals surface area contributed by atoms with Gasteiger partial charge in [-0.05, 0) is 51.5 Å². The van der Waals surface area contributed by atoms with Gasteiger partial charge in [-0.2, -0.15) is 0 Å². The highest BCUT2D eigenvalue weighted by Gasteiger charge is 2.16. The number of aliphatic hydroxyl groups is 1. The lowest BCUT2D eigenvalue weighted by Crippen LogP contribution is -2.40. The topological polar surface area (TPSA) is 59.9 Å². The summed E-state index contributed by atoms with van der Waals surface area (Å²) in [7, 11) is 0. The van der Waals surface area contributed by atoms with Gasteiger partial charge < -0.3 is 20.6 Å². The van der Waals surface area contributed by atoms with Crippen molar-refractivity contribution in [1.29, 1.82) is 0 Å². The van der Waals surface area contributed by atoms with Crippen molar-refractivity contribution in [3.05, 3.63) is 0 Å². The van der Waals surface area contributed by atoms with E-state index in [0.717, 1.165) is 70.4 Å². The molecule has 5 nitrogen and oxygen atoms in total. The Morgan fingerprint density at radius 1 is 1.08 bits per heavy atom. The van der Waals surface area contributed by atoms with Crippen LogP contribution in [0.2, 0.25) is 0 Å². The Kier molecular flexibility index (Phi) is 17.0. The second-order valence-corrected chi connectivity index (χ2v) is 7.37. The second kappa shape index (κ2) is 17.0. The van der Waals surface area contributed by atoms with E-state index in [-0.39, 0.29) is 30.1 Å². The summed E-state index contributed by atoms with van der Waals surface area (Å²) in [6.07, 6.45) is 9.31. The van der Waals surface area contributed by atoms with Gasteiger partial charge in [0.1, 0.15) is 0 Å². The van der Waals surface area contributed by atoms with Crippen molar-refractivity contribution < 1.29 is 5.11 Å². The number of guanidine groups is 1. The molecular weight excluding hydrogens is 439 g/mol. The lowest BCUT2D eigenvalue weighted by Gasteiger charge is -2.29. The fourth-order valence-corrected chi connectivity index (χ4v) is 3.44. The second-order valence-electron chi connectivity index (χ2n) is 7.37. The molecule has 1 aliphatic rings. The Hall–Kier alpha value is -0.0800. The molecule has 0 bridgehead atoms. The van der Waals surface area contributed by atoms with Gasteiger partial charge in [0.15, 0.2) is 5.96 Å². The van der Waals surface area contributed by atoms with Gasteiger partial charge in [0.25, 0.3) is 0 Å². The van der Waals surface area contributed by atoms with E-state index in [9.17, 15) is 5.11 Å². The zero-order chi connectivity index (χ0) is 18.3. The Bertz CT molecular complexity index is 347. The van der Waals surface area contributed by atoms with E-state index in [1.54, 1.807) is 0 Å². The van der Waals surface area contributed by atoms with Gasteiger partial charge in [0, 0.05) is 32.7 Å². The Morgan fingerprint density at radius 3 is 2.42 bits per heavy atom. The summed E-state index contributed by atoms with van der Waals surface area (Å²) in [5.74, 6) is 1.69. The molecule has 0 aliphatic carbocycles. The van der Waals surface area contributed by atoms with Crippen LogP contribution in [0.5, 0.6) is 0 Å². The van der Waals surface area contributed by atoms with Crippen LogP contribution in [0.4, 0.5) is 0 Å². The molecule has 0 amide bonds. The molecule has 0 spiro atoms. The predicted octanol–water partition coefficient (Wildman–Crippen LogP) is 3.61. The van der Waals surface area contributed by atoms with Crippen molar-refractivity contribution in [3.63, 3.8) is 0 Å². The van der Waals surface area contributed by atoms with Crippen molar-refractivity contribution in [3.8, 4) is 0 Å². The number of hydrogen-bond donors (Lipinski definition) is 3. The molecule has 0 aromatic carbocycles. The number of likely N-dealkylation sites (tertiary alicyclic amines) is 1. The molecule has 1 heterocycles. The van der Waals surface area contributed by atoms with E-state index in [4.69, 9.17) is 4.99 Å². The van der Waals surface area contributed by atoms with E-state index in [1.165, 1.54) is 32.1 Å². The number of rotatable bonds is 12. The first-order chi connectivity index (χ1) is 12.2. The molecule has 26 heavy (non-hydrogen) atoms. The highest BCUT2D eigenvalue weighted by Crippen LogP contribution is 2.15. The third kappa shape index (κ3) is 12.3. The maximum atomic E-state index is 9.56. The number of aliphatic hydroxyl groups excluding tert-OH is 1. The van der Waals surface area contributed by atoms with Gasteiger partial charge in [-0.15, -0.1) is 24.0 Å². The van der Waals surface area contributed by atoms with Crippen LogP contribution < -0.4 is 10.6 Å². The minimum atomic E-state index is -0.0781. The smallest absolute Gasteiger partial charge is 0.191 e. The van der Waals surface area contributed by atoms with E-state index >= 15 is 0 Å². The summed E-state index contributed by atoms with van der Waals surface area (Å²) in [4.78, 5) is 7.29. The van der Waals surface area contributed by atoms with Crippen LogP contribution in [0.15, 0.2) is 4.99 Å². The zero-order valence-corrected chi connectivity index (χ0v) is 19.6. The molecule has 0 radical (unpaired) electrons. The number of nitrogens with one attached hydrogen (secondary N) is 2. The van der Waals surface area contributed by atoms with Gasteiger partial charge >= 0.3 is 0 Å². The van der Waals surface area contributed by atoms with Crippen LogP contribution in [0, 0.1) is 5.92 Å². The highest BCUT2D eigenvalue weighted by atomic mass is 127. The average Bonchev–Trinajstić information content (AvgIpc) is 2.62. The van der Waals surface area contributed by atoms with E-state index in [2.05, 4.69) is 36.3 Å². The number of aliphatic imine (C=N–C) groups is 1. The highest BCUT2D eigenvalue weighted by molar-refractivity contribution is 14.0. The minimum absolute atomic E-state index is 0. The maximum absolute atomic E-state index is 9.56. The molecule has 1 fully saturated rings. The first-order valence-electron chi connectivity index (χ1n) is 10.6. The van der Waals surface area contributed by atoms with Gasteiger partial charge in [-0.3, -0.25) is 4.99 Å². The van der Waals surface area contributed by atoms with Gasteiger partial charge in [0.05, 0.1) is 6.10 Å². The molecular formula is C20H43IN4O. The number of nitrogens with zero attached hydrogens (tertiary/aromatic N) is 2. The lowest BCUT2D eigenvalue weighted by atomic mass is 9.97. The van der Waals surface area contributed by atoms with E-state index in [1.807, 2.05) is 0 Å². The molecule has 1 atom stereocenters. The number of hydrogen-bond acceptors (Lipinski definition) is 3. The number of unbranched alkanes of at least 4 members (excludes halogenated alkanes) is 1. The lowest BCUT2D eigenvalue weighted by molar-refractivity contribution is 0.0823. The summed E-state index contributed by atoms with van der Waals surface area (Å²) in [6, 6.07) is 0. The first-order valence-corrected chi connectivity index (χ1v) is 10.6. The maximum Gasteiger partial charge on any atom is 0.191 e. The first kappa shape index (κ1) is 25.9. The van der Waals surface area contributed by atoms with Crippen LogP contribution in [-0.4, -0.2) is 61.3 Å². The molecule has 1 unspecified atom stereocenters.